The number of ether oxygens (including phenoxy) is 3. The fourth-order valence-corrected chi connectivity index (χ4v) is 4.69. The van der Waals surface area contributed by atoms with Gasteiger partial charge in [-0.05, 0) is 75.8 Å². The lowest BCUT2D eigenvalue weighted by Gasteiger charge is -2.26. The van der Waals surface area contributed by atoms with Gasteiger partial charge < -0.3 is 19.1 Å². The number of carbonyl (C=O) groups is 3. The highest BCUT2D eigenvalue weighted by Crippen LogP contribution is 2.35. The first-order valence-corrected chi connectivity index (χ1v) is 12.5. The first kappa shape index (κ1) is 24.6. The van der Waals surface area contributed by atoms with Gasteiger partial charge in [-0.1, -0.05) is 18.2 Å². The third kappa shape index (κ3) is 5.91. The maximum atomic E-state index is 12.8. The molecule has 0 atom stereocenters. The van der Waals surface area contributed by atoms with Crippen LogP contribution < -0.4 is 9.47 Å². The van der Waals surface area contributed by atoms with Crippen LogP contribution in [-0.2, 0) is 20.9 Å². The van der Waals surface area contributed by atoms with Crippen molar-refractivity contribution in [2.75, 3.05) is 40.0 Å². The summed E-state index contributed by atoms with van der Waals surface area (Å²) in [6.45, 7) is 2.28. The van der Waals surface area contributed by atoms with Crippen molar-refractivity contribution in [3.63, 3.8) is 0 Å². The molecule has 0 aromatic heterocycles. The van der Waals surface area contributed by atoms with E-state index in [2.05, 4.69) is 22.6 Å². The fraction of sp³-hybridized carbons (Fsp3) is 0.292. The molecule has 2 aliphatic rings. The summed E-state index contributed by atoms with van der Waals surface area (Å²) < 4.78 is 17.4. The van der Waals surface area contributed by atoms with Gasteiger partial charge in [-0.2, -0.15) is 0 Å². The number of hydrogen-bond donors (Lipinski definition) is 0. The topological polar surface area (TPSA) is 85.4 Å². The summed E-state index contributed by atoms with van der Waals surface area (Å²) in [6, 6.07) is 12.8. The highest BCUT2D eigenvalue weighted by Gasteiger charge is 2.35. The molecule has 0 N–H and O–H groups in total. The Morgan fingerprint density at radius 1 is 1.12 bits per heavy atom. The Labute approximate surface area is 215 Å². The van der Waals surface area contributed by atoms with Gasteiger partial charge in [-0.25, -0.2) is 0 Å². The lowest BCUT2D eigenvalue weighted by atomic mass is 10.1. The molecule has 0 aliphatic carbocycles. The number of halogens is 1. The van der Waals surface area contributed by atoms with E-state index >= 15 is 0 Å². The third-order valence-electron chi connectivity index (χ3n) is 5.33. The molecule has 8 nitrogen and oxygen atoms in total. The summed E-state index contributed by atoms with van der Waals surface area (Å²) >= 11 is 3.12. The largest absolute Gasteiger partial charge is 0.493 e. The summed E-state index contributed by atoms with van der Waals surface area (Å²) in [5.41, 5.74) is 1.57. The summed E-state index contributed by atoms with van der Waals surface area (Å²) in [4.78, 5) is 40.9. The van der Waals surface area contributed by atoms with Gasteiger partial charge >= 0.3 is 0 Å². The Hall–Kier alpha value is -2.57. The zero-order valence-corrected chi connectivity index (χ0v) is 21.5. The predicted octanol–water partition coefficient (Wildman–Crippen LogP) is 3.77. The number of carbonyl (C=O) groups excluding carboxylic acids is 3. The van der Waals surface area contributed by atoms with Crippen molar-refractivity contribution in [2.24, 2.45) is 0 Å². The first-order chi connectivity index (χ1) is 16.4. The number of nitrogens with zero attached hydrogens (tertiary/aromatic N) is 2. The molecule has 0 radical (unpaired) electrons. The Morgan fingerprint density at radius 2 is 1.85 bits per heavy atom. The van der Waals surface area contributed by atoms with Crippen LogP contribution in [0.5, 0.6) is 11.5 Å². The third-order valence-corrected chi connectivity index (χ3v) is 6.95. The van der Waals surface area contributed by atoms with Crippen molar-refractivity contribution in [1.82, 2.24) is 9.80 Å². The molecule has 2 aromatic carbocycles. The molecule has 4 rings (SSSR count). The molecule has 2 fully saturated rings. The number of benzene rings is 2. The first-order valence-electron chi connectivity index (χ1n) is 10.6. The van der Waals surface area contributed by atoms with Gasteiger partial charge in [0.05, 0.1) is 31.8 Å². The lowest BCUT2D eigenvalue weighted by molar-refractivity contribution is -0.137. The van der Waals surface area contributed by atoms with E-state index in [-0.39, 0.29) is 30.2 Å². The van der Waals surface area contributed by atoms with E-state index in [1.54, 1.807) is 29.2 Å². The Kier molecular flexibility index (Phi) is 8.11. The minimum Gasteiger partial charge on any atom is -0.493 e. The molecular formula is C24H23IN2O6S. The van der Waals surface area contributed by atoms with E-state index in [9.17, 15) is 14.4 Å². The second kappa shape index (κ2) is 11.2. The van der Waals surface area contributed by atoms with Gasteiger partial charge in [-0.3, -0.25) is 19.3 Å². The molecule has 2 aromatic rings. The highest BCUT2D eigenvalue weighted by molar-refractivity contribution is 14.1. The molecule has 178 valence electrons. The summed E-state index contributed by atoms with van der Waals surface area (Å²) in [7, 11) is 1.50. The van der Waals surface area contributed by atoms with Crippen LogP contribution in [0.4, 0.5) is 4.79 Å². The molecule has 0 spiro atoms. The normalized spacial score (nSPS) is 17.4. The van der Waals surface area contributed by atoms with Gasteiger partial charge in [-0.15, -0.1) is 0 Å². The number of amides is 3. The average Bonchev–Trinajstić information content (AvgIpc) is 3.12. The van der Waals surface area contributed by atoms with Crippen LogP contribution in [0, 0.1) is 3.57 Å². The van der Waals surface area contributed by atoms with Crippen molar-refractivity contribution in [3.05, 3.63) is 62.1 Å². The highest BCUT2D eigenvalue weighted by atomic mass is 127. The van der Waals surface area contributed by atoms with Crippen molar-refractivity contribution in [1.29, 1.82) is 0 Å². The summed E-state index contributed by atoms with van der Waals surface area (Å²) in [5.74, 6) is 0.412. The van der Waals surface area contributed by atoms with Crippen LogP contribution in [0.1, 0.15) is 11.1 Å². The SMILES string of the molecule is COc1cc(/C=C2\SC(=O)N(Cc3ccc(I)cc3)C2=O)ccc1OCC(=O)N1CCOCC1. The van der Waals surface area contributed by atoms with E-state index in [4.69, 9.17) is 14.2 Å². The molecule has 34 heavy (non-hydrogen) atoms. The van der Waals surface area contributed by atoms with Gasteiger partial charge in [0.2, 0.25) is 0 Å². The van der Waals surface area contributed by atoms with E-state index < -0.39 is 0 Å². The molecule has 10 heteroatoms. The van der Waals surface area contributed by atoms with Crippen molar-refractivity contribution < 1.29 is 28.6 Å². The minimum absolute atomic E-state index is 0.104. The van der Waals surface area contributed by atoms with Crippen molar-refractivity contribution in [2.45, 2.75) is 6.54 Å². The predicted molar refractivity (Wildman–Crippen MR) is 137 cm³/mol. The zero-order valence-electron chi connectivity index (χ0n) is 18.5. The van der Waals surface area contributed by atoms with Crippen LogP contribution >= 0.6 is 34.4 Å². The quantitative estimate of drug-likeness (QED) is 0.357. The Balaban J connectivity index is 1.43. The maximum absolute atomic E-state index is 12.8. The minimum atomic E-state index is -0.330. The smallest absolute Gasteiger partial charge is 0.293 e. The van der Waals surface area contributed by atoms with E-state index in [1.165, 1.54) is 12.0 Å². The molecule has 0 saturated carbocycles. The molecule has 2 heterocycles. The van der Waals surface area contributed by atoms with Crippen LogP contribution in [-0.4, -0.2) is 66.9 Å². The zero-order chi connectivity index (χ0) is 24.1. The summed E-state index contributed by atoms with van der Waals surface area (Å²) in [5, 5.41) is -0.302. The van der Waals surface area contributed by atoms with Crippen LogP contribution in [0.25, 0.3) is 6.08 Å². The standard InChI is InChI=1S/C24H23IN2O6S/c1-31-20-12-17(4-7-19(20)33-15-22(28)26-8-10-32-11-9-26)13-21-23(29)27(24(30)34-21)14-16-2-5-18(25)6-3-16/h2-7,12-13H,8-11,14-15H2,1H3/b21-13-. The number of methoxy groups -OCH3 is 1. The number of morpholine rings is 1. The van der Waals surface area contributed by atoms with Gasteiger partial charge in [0.25, 0.3) is 17.1 Å². The molecular weight excluding hydrogens is 571 g/mol. The average molecular weight is 594 g/mol. The van der Waals surface area contributed by atoms with Gasteiger partial charge in [0.15, 0.2) is 18.1 Å². The number of thioether (sulfide) groups is 1. The van der Waals surface area contributed by atoms with Crippen LogP contribution in [0.3, 0.4) is 0 Å². The van der Waals surface area contributed by atoms with Crippen LogP contribution in [0.2, 0.25) is 0 Å². The van der Waals surface area contributed by atoms with Crippen molar-refractivity contribution in [3.8, 4) is 11.5 Å². The molecule has 2 saturated heterocycles. The summed E-state index contributed by atoms with van der Waals surface area (Å²) in [6.07, 6.45) is 1.66. The molecule has 0 unspecified atom stereocenters. The Morgan fingerprint density at radius 3 is 2.56 bits per heavy atom. The molecule has 3 amide bonds. The number of rotatable bonds is 7. The van der Waals surface area contributed by atoms with E-state index in [0.717, 1.165) is 20.9 Å². The van der Waals surface area contributed by atoms with Crippen molar-refractivity contribution >= 4 is 57.5 Å². The molecule has 0 bridgehead atoms. The second-order valence-electron chi connectivity index (χ2n) is 7.59. The van der Waals surface area contributed by atoms with Crippen LogP contribution in [0.15, 0.2) is 47.4 Å². The maximum Gasteiger partial charge on any atom is 0.293 e. The van der Waals surface area contributed by atoms with E-state index in [1.807, 2.05) is 24.3 Å². The second-order valence-corrected chi connectivity index (χ2v) is 9.83. The number of hydrogen-bond acceptors (Lipinski definition) is 7. The fourth-order valence-electron chi connectivity index (χ4n) is 3.50. The van der Waals surface area contributed by atoms with Gasteiger partial charge in [0.1, 0.15) is 0 Å². The Bertz CT molecular complexity index is 1110. The number of imide groups is 1. The van der Waals surface area contributed by atoms with E-state index in [0.29, 0.717) is 48.3 Å². The van der Waals surface area contributed by atoms with Gasteiger partial charge in [0, 0.05) is 16.7 Å². The molecule has 2 aliphatic heterocycles. The monoisotopic (exact) mass is 594 g/mol. The lowest BCUT2D eigenvalue weighted by Crippen LogP contribution is -2.43.